The zero-order valence-corrected chi connectivity index (χ0v) is 10.9. The SMILES string of the molecule is CC(S)C1(C(C)S)CSCCS1. The molecule has 0 N–H and O–H groups in total. The highest BCUT2D eigenvalue weighted by Crippen LogP contribution is 2.43. The van der Waals surface area contributed by atoms with Crippen molar-refractivity contribution in [1.29, 1.82) is 0 Å². The summed E-state index contributed by atoms with van der Waals surface area (Å²) in [6, 6.07) is 0. The van der Waals surface area contributed by atoms with E-state index in [-0.39, 0.29) is 4.75 Å². The van der Waals surface area contributed by atoms with Gasteiger partial charge in [-0.3, -0.25) is 0 Å². The molecule has 0 aromatic heterocycles. The Kier molecular flexibility index (Phi) is 4.55. The molecule has 0 nitrogen and oxygen atoms in total. The van der Waals surface area contributed by atoms with Crippen molar-refractivity contribution in [3.8, 4) is 0 Å². The molecule has 4 heteroatoms. The predicted molar refractivity (Wildman–Crippen MR) is 69.4 cm³/mol. The summed E-state index contributed by atoms with van der Waals surface area (Å²) in [5, 5.41) is 0.866. The zero-order chi connectivity index (χ0) is 9.19. The molecular formula is C8H16S4. The summed E-state index contributed by atoms with van der Waals surface area (Å²) in [7, 11) is 0. The number of thioether (sulfide) groups is 2. The first-order chi connectivity index (χ1) is 5.59. The molecule has 1 fully saturated rings. The second-order valence-electron chi connectivity index (χ2n) is 3.21. The van der Waals surface area contributed by atoms with Crippen molar-refractivity contribution in [2.75, 3.05) is 17.3 Å². The molecule has 0 bridgehead atoms. The van der Waals surface area contributed by atoms with Crippen molar-refractivity contribution >= 4 is 48.8 Å². The molecule has 1 rings (SSSR count). The lowest BCUT2D eigenvalue weighted by molar-refractivity contribution is 0.640. The second-order valence-corrected chi connectivity index (χ2v) is 7.32. The quantitative estimate of drug-likeness (QED) is 0.713. The average molecular weight is 240 g/mol. The molecule has 1 saturated heterocycles. The van der Waals surface area contributed by atoms with Gasteiger partial charge in [-0.05, 0) is 0 Å². The van der Waals surface area contributed by atoms with Crippen LogP contribution in [0.5, 0.6) is 0 Å². The van der Waals surface area contributed by atoms with Crippen molar-refractivity contribution in [2.24, 2.45) is 0 Å². The van der Waals surface area contributed by atoms with Crippen LogP contribution in [0.4, 0.5) is 0 Å². The summed E-state index contributed by atoms with van der Waals surface area (Å²) < 4.78 is 0.287. The Bertz CT molecular complexity index is 128. The minimum atomic E-state index is 0.287. The molecule has 0 aliphatic carbocycles. The Morgan fingerprint density at radius 1 is 1.17 bits per heavy atom. The lowest BCUT2D eigenvalue weighted by atomic mass is 10.0. The predicted octanol–water partition coefficient (Wildman–Crippen LogP) is 2.84. The Balaban J connectivity index is 2.70. The number of hydrogen-bond donors (Lipinski definition) is 2. The summed E-state index contributed by atoms with van der Waals surface area (Å²) in [5.74, 6) is 3.74. The summed E-state index contributed by atoms with van der Waals surface area (Å²) in [6.07, 6.45) is 0. The third kappa shape index (κ3) is 2.25. The summed E-state index contributed by atoms with van der Waals surface area (Å²) in [4.78, 5) is 0. The molecule has 0 aromatic rings. The van der Waals surface area contributed by atoms with Crippen LogP contribution in [-0.2, 0) is 0 Å². The second kappa shape index (κ2) is 4.76. The largest absolute Gasteiger partial charge is 0.175 e. The van der Waals surface area contributed by atoms with Gasteiger partial charge in [0, 0.05) is 32.5 Å². The van der Waals surface area contributed by atoms with Gasteiger partial charge in [0.1, 0.15) is 0 Å². The number of thiol groups is 2. The highest BCUT2D eigenvalue weighted by molar-refractivity contribution is 8.08. The van der Waals surface area contributed by atoms with Gasteiger partial charge in [-0.1, -0.05) is 13.8 Å². The molecule has 1 heterocycles. The minimum Gasteiger partial charge on any atom is -0.175 e. The first-order valence-electron chi connectivity index (χ1n) is 4.17. The van der Waals surface area contributed by atoms with Crippen LogP contribution in [0.3, 0.4) is 0 Å². The molecule has 12 heavy (non-hydrogen) atoms. The van der Waals surface area contributed by atoms with Crippen LogP contribution in [0.1, 0.15) is 13.8 Å². The van der Waals surface area contributed by atoms with Gasteiger partial charge in [-0.2, -0.15) is 48.8 Å². The molecular weight excluding hydrogens is 224 g/mol. The van der Waals surface area contributed by atoms with Crippen molar-refractivity contribution in [3.05, 3.63) is 0 Å². The summed E-state index contributed by atoms with van der Waals surface area (Å²) in [6.45, 7) is 4.38. The number of rotatable bonds is 2. The van der Waals surface area contributed by atoms with Crippen molar-refractivity contribution in [3.63, 3.8) is 0 Å². The van der Waals surface area contributed by atoms with Gasteiger partial charge in [0.2, 0.25) is 0 Å². The van der Waals surface area contributed by atoms with Gasteiger partial charge in [0.15, 0.2) is 0 Å². The fraction of sp³-hybridized carbons (Fsp3) is 1.00. The topological polar surface area (TPSA) is 0 Å². The van der Waals surface area contributed by atoms with E-state index in [1.807, 2.05) is 11.8 Å². The van der Waals surface area contributed by atoms with Crippen LogP contribution >= 0.6 is 48.8 Å². The highest BCUT2D eigenvalue weighted by atomic mass is 32.2. The Hall–Kier alpha value is 1.40. The van der Waals surface area contributed by atoms with Crippen LogP contribution in [0.25, 0.3) is 0 Å². The van der Waals surface area contributed by atoms with Crippen molar-refractivity contribution < 1.29 is 0 Å². The van der Waals surface area contributed by atoms with E-state index in [9.17, 15) is 0 Å². The molecule has 1 aliphatic rings. The van der Waals surface area contributed by atoms with E-state index in [0.29, 0.717) is 10.5 Å². The molecule has 0 spiro atoms. The van der Waals surface area contributed by atoms with E-state index in [4.69, 9.17) is 0 Å². The van der Waals surface area contributed by atoms with E-state index >= 15 is 0 Å². The molecule has 2 unspecified atom stereocenters. The molecule has 2 atom stereocenters. The van der Waals surface area contributed by atoms with Gasteiger partial charge in [-0.25, -0.2) is 0 Å². The zero-order valence-electron chi connectivity index (χ0n) is 7.49. The normalized spacial score (nSPS) is 36.0. The molecule has 0 radical (unpaired) electrons. The Labute approximate surface area is 94.8 Å². The van der Waals surface area contributed by atoms with Crippen LogP contribution in [0, 0.1) is 0 Å². The van der Waals surface area contributed by atoms with Gasteiger partial charge < -0.3 is 0 Å². The number of hydrogen-bond acceptors (Lipinski definition) is 4. The van der Waals surface area contributed by atoms with Crippen LogP contribution < -0.4 is 0 Å². The van der Waals surface area contributed by atoms with Crippen LogP contribution in [0.15, 0.2) is 0 Å². The van der Waals surface area contributed by atoms with Crippen LogP contribution in [-0.4, -0.2) is 32.5 Å². The van der Waals surface area contributed by atoms with Crippen molar-refractivity contribution in [1.82, 2.24) is 0 Å². The third-order valence-electron chi connectivity index (χ3n) is 2.34. The molecule has 0 saturated carbocycles. The lowest BCUT2D eigenvalue weighted by Crippen LogP contribution is -2.46. The fourth-order valence-electron chi connectivity index (χ4n) is 1.40. The smallest absolute Gasteiger partial charge is 0.0476 e. The summed E-state index contributed by atoms with van der Waals surface area (Å²) >= 11 is 13.3. The van der Waals surface area contributed by atoms with Crippen LogP contribution in [0.2, 0.25) is 0 Å². The third-order valence-corrected chi connectivity index (χ3v) is 7.02. The molecule has 72 valence electrons. The maximum absolute atomic E-state index is 4.58. The van der Waals surface area contributed by atoms with E-state index in [1.165, 1.54) is 17.3 Å². The average Bonchev–Trinajstić information content (AvgIpc) is 2.05. The maximum atomic E-state index is 4.58. The molecule has 0 aromatic carbocycles. The van der Waals surface area contributed by atoms with Crippen molar-refractivity contribution in [2.45, 2.75) is 29.1 Å². The Morgan fingerprint density at radius 2 is 1.75 bits per heavy atom. The summed E-state index contributed by atoms with van der Waals surface area (Å²) in [5.41, 5.74) is 0. The standard InChI is InChI=1S/C8H16S4/c1-6(9)8(7(2)10)5-11-3-4-12-8/h6-7,9-10H,3-5H2,1-2H3. The van der Waals surface area contributed by atoms with E-state index in [2.05, 4.69) is 50.9 Å². The molecule has 1 aliphatic heterocycles. The van der Waals surface area contributed by atoms with E-state index in [1.54, 1.807) is 0 Å². The van der Waals surface area contributed by atoms with Gasteiger partial charge in [0.05, 0.1) is 0 Å². The minimum absolute atomic E-state index is 0.287. The fourth-order valence-corrected chi connectivity index (χ4v) is 6.05. The Morgan fingerprint density at radius 3 is 2.00 bits per heavy atom. The lowest BCUT2D eigenvalue weighted by Gasteiger charge is -2.42. The maximum Gasteiger partial charge on any atom is 0.0476 e. The first-order valence-corrected chi connectivity index (χ1v) is 7.35. The van der Waals surface area contributed by atoms with E-state index < -0.39 is 0 Å². The van der Waals surface area contributed by atoms with Gasteiger partial charge in [0.25, 0.3) is 0 Å². The van der Waals surface area contributed by atoms with Gasteiger partial charge in [-0.15, -0.1) is 0 Å². The highest BCUT2D eigenvalue weighted by Gasteiger charge is 2.40. The monoisotopic (exact) mass is 240 g/mol. The molecule has 0 amide bonds. The van der Waals surface area contributed by atoms with Gasteiger partial charge >= 0.3 is 0 Å². The first kappa shape index (κ1) is 11.5. The van der Waals surface area contributed by atoms with E-state index in [0.717, 1.165) is 0 Å².